The molecule has 0 saturated carbocycles. The molecule has 172 valence electrons. The number of ether oxygens (including phenoxy) is 1. The predicted octanol–water partition coefficient (Wildman–Crippen LogP) is 3.86. The van der Waals surface area contributed by atoms with Gasteiger partial charge in [-0.2, -0.15) is 5.06 Å². The molecule has 32 heavy (non-hydrogen) atoms. The molecular formula is C26H35N3O3. The Morgan fingerprint density at radius 2 is 1.75 bits per heavy atom. The highest BCUT2D eigenvalue weighted by atomic mass is 16.5. The fraction of sp³-hybridized carbons (Fsp3) is 0.500. The maximum Gasteiger partial charge on any atom is 0.256 e. The summed E-state index contributed by atoms with van der Waals surface area (Å²) in [6.45, 7) is 11.7. The van der Waals surface area contributed by atoms with Gasteiger partial charge >= 0.3 is 0 Å². The lowest BCUT2D eigenvalue weighted by atomic mass is 9.87. The fourth-order valence-electron chi connectivity index (χ4n) is 4.65. The zero-order valence-corrected chi connectivity index (χ0v) is 19.6. The van der Waals surface area contributed by atoms with Gasteiger partial charge in [0.1, 0.15) is 6.10 Å². The number of anilines is 2. The van der Waals surface area contributed by atoms with Crippen LogP contribution in [0.15, 0.2) is 48.5 Å². The van der Waals surface area contributed by atoms with Gasteiger partial charge in [0, 0.05) is 50.0 Å². The van der Waals surface area contributed by atoms with Crippen molar-refractivity contribution >= 4 is 17.3 Å². The summed E-state index contributed by atoms with van der Waals surface area (Å²) in [7, 11) is 0. The first-order chi connectivity index (χ1) is 15.2. The monoisotopic (exact) mass is 437 g/mol. The van der Waals surface area contributed by atoms with Crippen LogP contribution in [-0.4, -0.2) is 61.1 Å². The molecule has 2 unspecified atom stereocenters. The van der Waals surface area contributed by atoms with Gasteiger partial charge in [0.15, 0.2) is 0 Å². The number of benzene rings is 2. The molecule has 2 aliphatic heterocycles. The largest absolute Gasteiger partial charge is 0.366 e. The van der Waals surface area contributed by atoms with Gasteiger partial charge in [-0.3, -0.25) is 4.79 Å². The van der Waals surface area contributed by atoms with E-state index in [-0.39, 0.29) is 17.4 Å². The van der Waals surface area contributed by atoms with Crippen molar-refractivity contribution in [3.63, 3.8) is 0 Å². The number of rotatable bonds is 4. The van der Waals surface area contributed by atoms with Gasteiger partial charge in [0.2, 0.25) is 0 Å². The number of carbonyl (C=O) groups excluding carboxylic acids is 1. The molecule has 2 saturated heterocycles. The molecule has 0 spiro atoms. The average Bonchev–Trinajstić information content (AvgIpc) is 2.75. The van der Waals surface area contributed by atoms with Crippen LogP contribution in [0.1, 0.15) is 38.8 Å². The lowest BCUT2D eigenvalue weighted by Gasteiger charge is -2.40. The number of hydrogen-bond acceptors (Lipinski definition) is 5. The third-order valence-corrected chi connectivity index (χ3v) is 6.53. The summed E-state index contributed by atoms with van der Waals surface area (Å²) in [6, 6.07) is 16.8. The van der Waals surface area contributed by atoms with Crippen molar-refractivity contribution < 1.29 is 14.7 Å². The number of morpholine rings is 1. The first-order valence-corrected chi connectivity index (χ1v) is 11.6. The third kappa shape index (κ3) is 4.82. The van der Waals surface area contributed by atoms with Crippen LogP contribution in [0, 0.1) is 0 Å². The summed E-state index contributed by atoms with van der Waals surface area (Å²) in [5, 5.41) is 11.2. The minimum absolute atomic E-state index is 0.0165. The Bertz CT molecular complexity index is 938. The van der Waals surface area contributed by atoms with E-state index in [9.17, 15) is 10.0 Å². The number of carbonyl (C=O) groups is 1. The third-order valence-electron chi connectivity index (χ3n) is 6.53. The molecule has 6 nitrogen and oxygen atoms in total. The number of nitrogens with zero attached hydrogens (tertiary/aromatic N) is 3. The number of piperazine rings is 1. The first kappa shape index (κ1) is 22.8. The molecule has 1 N–H and O–H groups in total. The molecule has 2 aliphatic rings. The Morgan fingerprint density at radius 3 is 2.44 bits per heavy atom. The molecule has 1 amide bonds. The first-order valence-electron chi connectivity index (χ1n) is 11.6. The van der Waals surface area contributed by atoms with Crippen molar-refractivity contribution in [3.05, 3.63) is 59.7 Å². The quantitative estimate of drug-likeness (QED) is 0.787. The molecule has 2 aromatic rings. The predicted molar refractivity (Wildman–Crippen MR) is 128 cm³/mol. The topological polar surface area (TPSA) is 56.2 Å². The van der Waals surface area contributed by atoms with Gasteiger partial charge in [-0.05, 0) is 41.7 Å². The molecule has 0 aliphatic carbocycles. The van der Waals surface area contributed by atoms with Crippen LogP contribution in [0.5, 0.6) is 0 Å². The normalized spacial score (nSPS) is 23.0. The highest BCUT2D eigenvalue weighted by Gasteiger charge is 2.32. The summed E-state index contributed by atoms with van der Waals surface area (Å²) >= 11 is 0. The average molecular weight is 438 g/mol. The molecule has 4 rings (SSSR count). The van der Waals surface area contributed by atoms with Gasteiger partial charge in [-0.1, -0.05) is 51.1 Å². The summed E-state index contributed by atoms with van der Waals surface area (Å²) in [5.41, 5.74) is 4.49. The molecule has 2 aromatic carbocycles. The molecule has 0 radical (unpaired) electrons. The second-order valence-corrected chi connectivity index (χ2v) is 9.93. The van der Waals surface area contributed by atoms with Gasteiger partial charge in [0.05, 0.1) is 6.61 Å². The van der Waals surface area contributed by atoms with E-state index in [0.717, 1.165) is 23.5 Å². The Hall–Kier alpha value is -2.41. The summed E-state index contributed by atoms with van der Waals surface area (Å²) < 4.78 is 5.95. The number of amides is 1. The van der Waals surface area contributed by atoms with E-state index in [1.54, 1.807) is 0 Å². The van der Waals surface area contributed by atoms with Crippen LogP contribution in [0.4, 0.5) is 11.4 Å². The van der Waals surface area contributed by atoms with Crippen molar-refractivity contribution in [1.29, 1.82) is 0 Å². The second kappa shape index (κ2) is 9.22. The lowest BCUT2D eigenvalue weighted by molar-refractivity contribution is -0.133. The van der Waals surface area contributed by atoms with Gasteiger partial charge < -0.3 is 19.7 Å². The highest BCUT2D eigenvalue weighted by Crippen LogP contribution is 2.29. The SMILES string of the molecule is CC1CN(O)CCN1c1ccccc1CC1OCCN(c2ccc(C(C)(C)C)cc2)C1=O. The van der Waals surface area contributed by atoms with E-state index in [4.69, 9.17) is 4.74 Å². The van der Waals surface area contributed by atoms with E-state index >= 15 is 0 Å². The molecular weight excluding hydrogens is 402 g/mol. The van der Waals surface area contributed by atoms with E-state index in [1.165, 1.54) is 10.6 Å². The molecule has 2 heterocycles. The number of hydroxylamine groups is 2. The highest BCUT2D eigenvalue weighted by molar-refractivity contribution is 5.97. The van der Waals surface area contributed by atoms with Crippen LogP contribution in [0.2, 0.25) is 0 Å². The molecule has 6 heteroatoms. The van der Waals surface area contributed by atoms with E-state index in [2.05, 4.69) is 56.9 Å². The van der Waals surface area contributed by atoms with Crippen molar-refractivity contribution in [3.8, 4) is 0 Å². The molecule has 2 fully saturated rings. The standard InChI is InChI=1S/C26H35N3O3/c1-19-18-27(31)13-14-28(19)23-8-6-5-7-20(23)17-24-25(30)29(15-16-32-24)22-11-9-21(10-12-22)26(2,3)4/h5-12,19,24,31H,13-18H2,1-4H3. The molecule has 0 aromatic heterocycles. The minimum atomic E-state index is -0.498. The number of para-hydroxylation sites is 1. The Kier molecular flexibility index (Phi) is 6.56. The van der Waals surface area contributed by atoms with Gasteiger partial charge in [-0.15, -0.1) is 0 Å². The Morgan fingerprint density at radius 1 is 1.03 bits per heavy atom. The summed E-state index contributed by atoms with van der Waals surface area (Å²) in [4.78, 5) is 17.5. The summed E-state index contributed by atoms with van der Waals surface area (Å²) in [5.74, 6) is 0.0165. The lowest BCUT2D eigenvalue weighted by Crippen LogP contribution is -2.51. The smallest absolute Gasteiger partial charge is 0.256 e. The number of hydrogen-bond donors (Lipinski definition) is 1. The Labute approximate surface area is 191 Å². The van der Waals surface area contributed by atoms with E-state index in [0.29, 0.717) is 32.7 Å². The van der Waals surface area contributed by atoms with Crippen molar-refractivity contribution in [2.24, 2.45) is 0 Å². The van der Waals surface area contributed by atoms with Crippen LogP contribution in [0.3, 0.4) is 0 Å². The zero-order valence-electron chi connectivity index (χ0n) is 19.6. The van der Waals surface area contributed by atoms with Crippen molar-refractivity contribution in [2.45, 2.75) is 51.7 Å². The molecule has 0 bridgehead atoms. The Balaban J connectivity index is 1.51. The minimum Gasteiger partial charge on any atom is -0.366 e. The zero-order chi connectivity index (χ0) is 22.9. The van der Waals surface area contributed by atoms with Gasteiger partial charge in [-0.25, -0.2) is 0 Å². The van der Waals surface area contributed by atoms with Crippen LogP contribution in [0.25, 0.3) is 0 Å². The maximum absolute atomic E-state index is 13.4. The van der Waals surface area contributed by atoms with Crippen molar-refractivity contribution in [1.82, 2.24) is 5.06 Å². The maximum atomic E-state index is 13.4. The van der Waals surface area contributed by atoms with Crippen LogP contribution >= 0.6 is 0 Å². The van der Waals surface area contributed by atoms with Crippen LogP contribution in [-0.2, 0) is 21.4 Å². The van der Waals surface area contributed by atoms with Gasteiger partial charge in [0.25, 0.3) is 5.91 Å². The van der Waals surface area contributed by atoms with Crippen LogP contribution < -0.4 is 9.80 Å². The fourth-order valence-corrected chi connectivity index (χ4v) is 4.65. The van der Waals surface area contributed by atoms with Crippen molar-refractivity contribution in [2.75, 3.05) is 42.6 Å². The second-order valence-electron chi connectivity index (χ2n) is 9.93. The molecule has 2 atom stereocenters. The van der Waals surface area contributed by atoms with E-state index < -0.39 is 6.10 Å². The summed E-state index contributed by atoms with van der Waals surface area (Å²) in [6.07, 6.45) is 0.0408. The van der Waals surface area contributed by atoms with E-state index in [1.807, 2.05) is 29.2 Å².